The summed E-state index contributed by atoms with van der Waals surface area (Å²) in [4.78, 5) is 0. The molecular formula is C14H15ClINO. The smallest absolute Gasteiger partial charge is 0.106 e. The quantitative estimate of drug-likeness (QED) is 0.734. The summed E-state index contributed by atoms with van der Waals surface area (Å²) in [5.41, 5.74) is 2.12. The molecule has 1 aromatic carbocycles. The summed E-state index contributed by atoms with van der Waals surface area (Å²) >= 11 is 8.46. The molecule has 0 saturated heterocycles. The predicted molar refractivity (Wildman–Crippen MR) is 84.4 cm³/mol. The third-order valence-electron chi connectivity index (χ3n) is 2.85. The molecule has 0 amide bonds. The van der Waals surface area contributed by atoms with Crippen molar-refractivity contribution in [3.8, 4) is 0 Å². The maximum atomic E-state index is 6.22. The van der Waals surface area contributed by atoms with E-state index in [-0.39, 0.29) is 6.04 Å². The molecule has 0 aliphatic carbocycles. The average Bonchev–Trinajstić information content (AvgIpc) is 2.62. The maximum Gasteiger partial charge on any atom is 0.106 e. The summed E-state index contributed by atoms with van der Waals surface area (Å²) in [5.74, 6) is 1.89. The second kappa shape index (κ2) is 5.53. The van der Waals surface area contributed by atoms with E-state index in [1.54, 1.807) is 0 Å². The van der Waals surface area contributed by atoms with E-state index >= 15 is 0 Å². The van der Waals surface area contributed by atoms with Crippen molar-refractivity contribution in [3.05, 3.63) is 49.9 Å². The fraction of sp³-hybridized carbons (Fsp3) is 0.286. The van der Waals surface area contributed by atoms with Crippen molar-refractivity contribution >= 4 is 39.9 Å². The van der Waals surface area contributed by atoms with Gasteiger partial charge in [0.05, 0.1) is 16.8 Å². The van der Waals surface area contributed by atoms with Crippen molar-refractivity contribution in [2.24, 2.45) is 0 Å². The minimum Gasteiger partial charge on any atom is -0.466 e. The van der Waals surface area contributed by atoms with Gasteiger partial charge in [-0.1, -0.05) is 11.6 Å². The minimum absolute atomic E-state index is 0.167. The molecule has 0 bridgehead atoms. The second-order valence-electron chi connectivity index (χ2n) is 4.36. The first kappa shape index (κ1) is 13.7. The predicted octanol–water partition coefficient (Wildman–Crippen LogP) is 5.33. The van der Waals surface area contributed by atoms with Crippen molar-refractivity contribution in [1.29, 1.82) is 0 Å². The number of hydrogen-bond acceptors (Lipinski definition) is 2. The lowest BCUT2D eigenvalue weighted by Gasteiger charge is -2.16. The van der Waals surface area contributed by atoms with E-state index in [1.807, 2.05) is 32.0 Å². The topological polar surface area (TPSA) is 25.2 Å². The van der Waals surface area contributed by atoms with Gasteiger partial charge >= 0.3 is 0 Å². The summed E-state index contributed by atoms with van der Waals surface area (Å²) in [6, 6.07) is 8.22. The zero-order valence-electron chi connectivity index (χ0n) is 10.6. The number of nitrogens with one attached hydrogen (secondary N) is 1. The van der Waals surface area contributed by atoms with Crippen molar-refractivity contribution in [2.45, 2.75) is 26.8 Å². The Balaban J connectivity index is 2.21. The highest BCUT2D eigenvalue weighted by Gasteiger charge is 2.13. The van der Waals surface area contributed by atoms with E-state index in [0.29, 0.717) is 0 Å². The molecule has 4 heteroatoms. The van der Waals surface area contributed by atoms with Crippen LogP contribution in [0, 0.1) is 17.4 Å². The molecule has 18 heavy (non-hydrogen) atoms. The highest BCUT2D eigenvalue weighted by molar-refractivity contribution is 14.1. The molecule has 1 heterocycles. The molecule has 0 aliphatic rings. The number of anilines is 1. The lowest BCUT2D eigenvalue weighted by Crippen LogP contribution is -2.07. The molecule has 1 N–H and O–H groups in total. The van der Waals surface area contributed by atoms with Crippen LogP contribution in [-0.2, 0) is 0 Å². The van der Waals surface area contributed by atoms with Gasteiger partial charge in [-0.25, -0.2) is 0 Å². The second-order valence-corrected chi connectivity index (χ2v) is 6.01. The number of benzene rings is 1. The van der Waals surface area contributed by atoms with E-state index < -0.39 is 0 Å². The van der Waals surface area contributed by atoms with Crippen molar-refractivity contribution < 1.29 is 4.42 Å². The first-order chi connectivity index (χ1) is 8.47. The Morgan fingerprint density at radius 1 is 1.28 bits per heavy atom. The standard InChI is InChI=1S/C14H15ClINO/c1-8-6-12(10(3)18-8)9(2)17-14-5-4-11(16)7-13(14)15/h4-7,9,17H,1-3H3. The number of hydrogen-bond donors (Lipinski definition) is 1. The van der Waals surface area contributed by atoms with Crippen LogP contribution < -0.4 is 5.32 Å². The molecule has 0 fully saturated rings. The van der Waals surface area contributed by atoms with E-state index in [9.17, 15) is 0 Å². The Bertz CT molecular complexity index is 565. The molecule has 1 aromatic heterocycles. The lowest BCUT2D eigenvalue weighted by molar-refractivity contribution is 0.500. The van der Waals surface area contributed by atoms with Gasteiger partial charge in [-0.05, 0) is 67.6 Å². The van der Waals surface area contributed by atoms with E-state index in [2.05, 4.69) is 40.9 Å². The van der Waals surface area contributed by atoms with E-state index in [0.717, 1.165) is 25.8 Å². The van der Waals surface area contributed by atoms with Crippen molar-refractivity contribution in [1.82, 2.24) is 0 Å². The zero-order valence-corrected chi connectivity index (χ0v) is 13.5. The van der Waals surface area contributed by atoms with Crippen LogP contribution in [0.25, 0.3) is 0 Å². The van der Waals surface area contributed by atoms with Crippen LogP contribution in [0.5, 0.6) is 0 Å². The Morgan fingerprint density at radius 2 is 2.00 bits per heavy atom. The van der Waals surface area contributed by atoms with Crippen LogP contribution in [0.2, 0.25) is 5.02 Å². The highest BCUT2D eigenvalue weighted by atomic mass is 127. The largest absolute Gasteiger partial charge is 0.466 e. The normalized spacial score (nSPS) is 12.5. The molecule has 2 nitrogen and oxygen atoms in total. The fourth-order valence-corrected chi connectivity index (χ4v) is 2.91. The Labute approximate surface area is 126 Å². The Morgan fingerprint density at radius 3 is 2.56 bits per heavy atom. The molecule has 0 radical (unpaired) electrons. The van der Waals surface area contributed by atoms with Crippen LogP contribution >= 0.6 is 34.2 Å². The monoisotopic (exact) mass is 375 g/mol. The summed E-state index contributed by atoms with van der Waals surface area (Å²) < 4.78 is 6.68. The SMILES string of the molecule is Cc1cc(C(C)Nc2ccc(I)cc2Cl)c(C)o1. The number of furan rings is 1. The van der Waals surface area contributed by atoms with E-state index in [1.165, 1.54) is 5.56 Å². The molecule has 2 rings (SSSR count). The first-order valence-electron chi connectivity index (χ1n) is 5.76. The van der Waals surface area contributed by atoms with Gasteiger partial charge in [-0.2, -0.15) is 0 Å². The highest BCUT2D eigenvalue weighted by Crippen LogP contribution is 2.29. The van der Waals surface area contributed by atoms with Gasteiger partial charge in [0.15, 0.2) is 0 Å². The summed E-state index contributed by atoms with van der Waals surface area (Å²) in [6.07, 6.45) is 0. The fourth-order valence-electron chi connectivity index (χ4n) is 2.00. The number of aryl methyl sites for hydroxylation is 2. The summed E-state index contributed by atoms with van der Waals surface area (Å²) in [5, 5.41) is 4.15. The Hall–Kier alpha value is -0.680. The van der Waals surface area contributed by atoms with Gasteiger partial charge in [0.25, 0.3) is 0 Å². The molecule has 0 saturated carbocycles. The van der Waals surface area contributed by atoms with Crippen LogP contribution in [0.4, 0.5) is 5.69 Å². The van der Waals surface area contributed by atoms with Gasteiger partial charge in [-0.3, -0.25) is 0 Å². The van der Waals surface area contributed by atoms with Gasteiger partial charge in [0.2, 0.25) is 0 Å². The van der Waals surface area contributed by atoms with Gasteiger partial charge in [0, 0.05) is 9.13 Å². The molecular weight excluding hydrogens is 361 g/mol. The van der Waals surface area contributed by atoms with Gasteiger partial charge < -0.3 is 9.73 Å². The van der Waals surface area contributed by atoms with Crippen molar-refractivity contribution in [3.63, 3.8) is 0 Å². The minimum atomic E-state index is 0.167. The Kier molecular flexibility index (Phi) is 4.22. The average molecular weight is 376 g/mol. The molecule has 0 aliphatic heterocycles. The maximum absolute atomic E-state index is 6.22. The summed E-state index contributed by atoms with van der Waals surface area (Å²) in [6.45, 7) is 6.04. The summed E-state index contributed by atoms with van der Waals surface area (Å²) in [7, 11) is 0. The van der Waals surface area contributed by atoms with Crippen LogP contribution in [0.3, 0.4) is 0 Å². The lowest BCUT2D eigenvalue weighted by atomic mass is 10.1. The van der Waals surface area contributed by atoms with Gasteiger partial charge in [0.1, 0.15) is 11.5 Å². The molecule has 96 valence electrons. The van der Waals surface area contributed by atoms with Crippen molar-refractivity contribution in [2.75, 3.05) is 5.32 Å². The molecule has 1 unspecified atom stereocenters. The molecule has 2 aromatic rings. The molecule has 0 spiro atoms. The first-order valence-corrected chi connectivity index (χ1v) is 7.21. The van der Waals surface area contributed by atoms with Crippen LogP contribution in [0.15, 0.2) is 28.7 Å². The third kappa shape index (κ3) is 3.01. The number of rotatable bonds is 3. The number of halogens is 2. The van der Waals surface area contributed by atoms with Crippen LogP contribution in [-0.4, -0.2) is 0 Å². The zero-order chi connectivity index (χ0) is 13.3. The van der Waals surface area contributed by atoms with E-state index in [4.69, 9.17) is 16.0 Å². The third-order valence-corrected chi connectivity index (χ3v) is 3.83. The van der Waals surface area contributed by atoms with Gasteiger partial charge in [-0.15, -0.1) is 0 Å². The van der Waals surface area contributed by atoms with Crippen LogP contribution in [0.1, 0.15) is 30.0 Å². The molecule has 1 atom stereocenters.